The molecule has 17 heavy (non-hydrogen) atoms. The Bertz CT molecular complexity index is 239. The monoisotopic (exact) mass is 266 g/mol. The van der Waals surface area contributed by atoms with E-state index >= 15 is 0 Å². The highest BCUT2D eigenvalue weighted by Gasteiger charge is 1.89. The molecule has 0 fully saturated rings. The van der Waals surface area contributed by atoms with E-state index in [2.05, 4.69) is 6.58 Å². The van der Waals surface area contributed by atoms with Crippen molar-refractivity contribution in [2.24, 2.45) is 0 Å². The van der Waals surface area contributed by atoms with Crippen molar-refractivity contribution in [1.29, 1.82) is 0 Å². The standard InChI is InChI=1S/C11H22O.CH4O3S/c1-2-3-4-5-6-7-8-9-10-11-12;1-5(2,3)4/h2,12H,1,3-11H2;1H3,(H,2,3,4). The largest absolute Gasteiger partial charge is 0.396 e. The van der Waals surface area contributed by atoms with E-state index < -0.39 is 10.1 Å². The van der Waals surface area contributed by atoms with Gasteiger partial charge in [-0.1, -0.05) is 38.2 Å². The molecule has 0 amide bonds. The normalized spacial score (nSPS) is 10.5. The fraction of sp³-hybridized carbons (Fsp3) is 0.833. The smallest absolute Gasteiger partial charge is 0.261 e. The molecule has 0 aliphatic rings. The second-order valence-electron chi connectivity index (χ2n) is 4.01. The van der Waals surface area contributed by atoms with Crippen LogP contribution in [-0.2, 0) is 10.1 Å². The minimum Gasteiger partial charge on any atom is -0.396 e. The Morgan fingerprint density at radius 1 is 1.00 bits per heavy atom. The maximum atomic E-state index is 9.19. The molecule has 2 N–H and O–H groups in total. The third-order valence-electron chi connectivity index (χ3n) is 2.07. The summed E-state index contributed by atoms with van der Waals surface area (Å²) in [6.45, 7) is 4.05. The van der Waals surface area contributed by atoms with Crippen LogP contribution in [0, 0.1) is 0 Å². The number of aliphatic hydroxyl groups excluding tert-OH is 1. The summed E-state index contributed by atoms with van der Waals surface area (Å²) < 4.78 is 25.9. The van der Waals surface area contributed by atoms with Gasteiger partial charge in [0.15, 0.2) is 0 Å². The molecule has 0 heterocycles. The maximum absolute atomic E-state index is 9.19. The molecule has 0 radical (unpaired) electrons. The van der Waals surface area contributed by atoms with Crippen molar-refractivity contribution in [2.75, 3.05) is 12.9 Å². The summed E-state index contributed by atoms with van der Waals surface area (Å²) in [7, 11) is -3.67. The molecular formula is C12H26O4S. The third-order valence-corrected chi connectivity index (χ3v) is 2.07. The Balaban J connectivity index is 0. The Labute approximate surface area is 105 Å². The van der Waals surface area contributed by atoms with Gasteiger partial charge < -0.3 is 5.11 Å². The van der Waals surface area contributed by atoms with E-state index in [1.807, 2.05) is 6.08 Å². The second-order valence-corrected chi connectivity index (χ2v) is 5.47. The molecule has 0 aromatic heterocycles. The summed E-state index contributed by atoms with van der Waals surface area (Å²) in [5.74, 6) is 0. The van der Waals surface area contributed by atoms with E-state index in [0.29, 0.717) is 12.9 Å². The summed E-state index contributed by atoms with van der Waals surface area (Å²) in [4.78, 5) is 0. The van der Waals surface area contributed by atoms with Crippen LogP contribution in [0.25, 0.3) is 0 Å². The molecule has 0 aliphatic carbocycles. The van der Waals surface area contributed by atoms with E-state index in [-0.39, 0.29) is 0 Å². The minimum atomic E-state index is -3.67. The molecule has 0 aromatic rings. The Morgan fingerprint density at radius 2 is 1.35 bits per heavy atom. The lowest BCUT2D eigenvalue weighted by Crippen LogP contribution is -1.88. The third kappa shape index (κ3) is 39.0. The van der Waals surface area contributed by atoms with Crippen LogP contribution in [0.1, 0.15) is 51.4 Å². The molecule has 4 nitrogen and oxygen atoms in total. The topological polar surface area (TPSA) is 74.6 Å². The highest BCUT2D eigenvalue weighted by Crippen LogP contribution is 2.08. The Morgan fingerprint density at radius 3 is 1.71 bits per heavy atom. The molecule has 0 spiro atoms. The maximum Gasteiger partial charge on any atom is 0.261 e. The van der Waals surface area contributed by atoms with Crippen LogP contribution in [0.4, 0.5) is 0 Å². The van der Waals surface area contributed by atoms with Crippen molar-refractivity contribution in [3.63, 3.8) is 0 Å². The van der Waals surface area contributed by atoms with E-state index in [1.165, 1.54) is 38.5 Å². The molecule has 0 saturated carbocycles. The lowest BCUT2D eigenvalue weighted by atomic mass is 10.1. The van der Waals surface area contributed by atoms with Crippen LogP contribution in [0.3, 0.4) is 0 Å². The molecule has 0 unspecified atom stereocenters. The Kier molecular flexibility index (Phi) is 15.3. The minimum absolute atomic E-state index is 0.358. The number of hydrogen-bond donors (Lipinski definition) is 2. The fourth-order valence-corrected chi connectivity index (χ4v) is 1.28. The molecule has 0 aliphatic heterocycles. The van der Waals surface area contributed by atoms with Crippen molar-refractivity contribution >= 4 is 10.1 Å². The predicted octanol–water partition coefficient (Wildman–Crippen LogP) is 2.79. The van der Waals surface area contributed by atoms with E-state index in [9.17, 15) is 8.42 Å². The molecule has 5 heteroatoms. The Hall–Kier alpha value is -0.390. The first-order chi connectivity index (χ1) is 7.91. The predicted molar refractivity (Wildman–Crippen MR) is 71.7 cm³/mol. The van der Waals surface area contributed by atoms with Crippen LogP contribution in [0.15, 0.2) is 12.7 Å². The summed E-state index contributed by atoms with van der Waals surface area (Å²) in [5.41, 5.74) is 0. The second kappa shape index (κ2) is 13.7. The van der Waals surface area contributed by atoms with Crippen molar-refractivity contribution in [1.82, 2.24) is 0 Å². The average Bonchev–Trinajstić information content (AvgIpc) is 2.20. The average molecular weight is 266 g/mol. The van der Waals surface area contributed by atoms with Gasteiger partial charge >= 0.3 is 0 Å². The van der Waals surface area contributed by atoms with Crippen LogP contribution in [0.2, 0.25) is 0 Å². The highest BCUT2D eigenvalue weighted by atomic mass is 32.2. The van der Waals surface area contributed by atoms with Gasteiger partial charge in [-0.15, -0.1) is 6.58 Å². The van der Waals surface area contributed by atoms with Crippen LogP contribution in [0.5, 0.6) is 0 Å². The molecule has 0 bridgehead atoms. The zero-order chi connectivity index (χ0) is 13.6. The highest BCUT2D eigenvalue weighted by molar-refractivity contribution is 7.85. The number of aliphatic hydroxyl groups is 1. The van der Waals surface area contributed by atoms with Gasteiger partial charge in [-0.3, -0.25) is 4.55 Å². The van der Waals surface area contributed by atoms with Crippen LogP contribution >= 0.6 is 0 Å². The van der Waals surface area contributed by atoms with Crippen molar-refractivity contribution in [3.05, 3.63) is 12.7 Å². The van der Waals surface area contributed by atoms with Gasteiger partial charge in [0.05, 0.1) is 6.26 Å². The van der Waals surface area contributed by atoms with Crippen LogP contribution < -0.4 is 0 Å². The van der Waals surface area contributed by atoms with Gasteiger partial charge in [0.1, 0.15) is 0 Å². The molecule has 104 valence electrons. The van der Waals surface area contributed by atoms with E-state index in [1.54, 1.807) is 0 Å². The molecular weight excluding hydrogens is 240 g/mol. The number of rotatable bonds is 9. The SMILES string of the molecule is C=CCCCCCCCCCO.CS(=O)(=O)O. The summed E-state index contributed by atoms with van der Waals surface area (Å²) in [5, 5.41) is 8.53. The van der Waals surface area contributed by atoms with Gasteiger partial charge in [0.2, 0.25) is 0 Å². The number of allylic oxidation sites excluding steroid dienone is 1. The fourth-order valence-electron chi connectivity index (χ4n) is 1.28. The van der Waals surface area contributed by atoms with Crippen molar-refractivity contribution < 1.29 is 18.1 Å². The zero-order valence-corrected chi connectivity index (χ0v) is 11.6. The van der Waals surface area contributed by atoms with Crippen molar-refractivity contribution in [2.45, 2.75) is 51.4 Å². The van der Waals surface area contributed by atoms with E-state index in [4.69, 9.17) is 9.66 Å². The summed E-state index contributed by atoms with van der Waals surface area (Å²) in [6.07, 6.45) is 12.6. The van der Waals surface area contributed by atoms with Gasteiger partial charge in [-0.05, 0) is 19.3 Å². The molecule has 0 aromatic carbocycles. The van der Waals surface area contributed by atoms with Crippen LogP contribution in [-0.4, -0.2) is 30.9 Å². The van der Waals surface area contributed by atoms with Gasteiger partial charge in [0, 0.05) is 6.61 Å². The summed E-state index contributed by atoms with van der Waals surface area (Å²) >= 11 is 0. The number of unbranched alkanes of at least 4 members (excludes halogenated alkanes) is 7. The molecule has 0 rings (SSSR count). The number of hydrogen-bond acceptors (Lipinski definition) is 3. The van der Waals surface area contributed by atoms with Gasteiger partial charge in [0.25, 0.3) is 10.1 Å². The molecule has 0 atom stereocenters. The first-order valence-electron chi connectivity index (χ1n) is 6.06. The van der Waals surface area contributed by atoms with Gasteiger partial charge in [-0.2, -0.15) is 8.42 Å². The van der Waals surface area contributed by atoms with E-state index in [0.717, 1.165) is 12.8 Å². The summed E-state index contributed by atoms with van der Waals surface area (Å²) in [6, 6.07) is 0. The lowest BCUT2D eigenvalue weighted by molar-refractivity contribution is 0.282. The van der Waals surface area contributed by atoms with Gasteiger partial charge in [-0.25, -0.2) is 0 Å². The quantitative estimate of drug-likeness (QED) is 0.382. The first-order valence-corrected chi connectivity index (χ1v) is 7.91. The first kappa shape index (κ1) is 19.0. The molecule has 0 saturated heterocycles. The zero-order valence-electron chi connectivity index (χ0n) is 10.8. The lowest BCUT2D eigenvalue weighted by Gasteiger charge is -1.99. The van der Waals surface area contributed by atoms with Crippen molar-refractivity contribution in [3.8, 4) is 0 Å².